The third-order valence-corrected chi connectivity index (χ3v) is 10.00. The average molecular weight is 745 g/mol. The first-order valence-corrected chi connectivity index (χ1v) is 22.6. The molecule has 0 spiro atoms. The molecule has 9 heteroatoms. The Morgan fingerprint density at radius 1 is 0.608 bits per heavy atom. The van der Waals surface area contributed by atoms with Crippen molar-refractivity contribution in [1.82, 2.24) is 0 Å². The van der Waals surface area contributed by atoms with Crippen LogP contribution in [-0.2, 0) is 27.9 Å². The fourth-order valence-electron chi connectivity index (χ4n) is 5.70. The first-order valence-electron chi connectivity index (χ1n) is 21.1. The Morgan fingerprint density at radius 2 is 1.08 bits per heavy atom. The first kappa shape index (κ1) is 50.0. The van der Waals surface area contributed by atoms with Gasteiger partial charge in [0.25, 0.3) is 0 Å². The zero-order chi connectivity index (χ0) is 37.7. The van der Waals surface area contributed by atoms with Gasteiger partial charge in [0.1, 0.15) is 19.3 Å². The summed E-state index contributed by atoms with van der Waals surface area (Å²) in [7, 11) is 1.66. The first-order chi connectivity index (χ1) is 24.6. The molecule has 0 rings (SSSR count). The molecule has 0 saturated carbocycles. The smallest absolute Gasteiger partial charge is 0.457 e. The van der Waals surface area contributed by atoms with Crippen LogP contribution < -0.4 is 0 Å². The second-order valence-electron chi connectivity index (χ2n) is 15.4. The van der Waals surface area contributed by atoms with Crippen molar-refractivity contribution in [2.75, 3.05) is 54.1 Å². The molecule has 0 aromatic rings. The molecule has 2 atom stereocenters. The van der Waals surface area contributed by atoms with E-state index in [9.17, 15) is 14.3 Å². The molecule has 0 radical (unpaired) electrons. The predicted molar refractivity (Wildman–Crippen MR) is 215 cm³/mol. The van der Waals surface area contributed by atoms with E-state index in [4.69, 9.17) is 18.5 Å². The second-order valence-corrected chi connectivity index (χ2v) is 16.8. The Labute approximate surface area is 315 Å². The number of carbonyl (C=O) groups is 1. The maximum absolute atomic E-state index is 12.7. The fraction of sp³-hybridized carbons (Fsp3) is 0.881. The molecule has 0 bridgehead atoms. The summed E-state index contributed by atoms with van der Waals surface area (Å²) in [4.78, 5) is 22.8. The van der Waals surface area contributed by atoms with Crippen molar-refractivity contribution < 1.29 is 37.3 Å². The van der Waals surface area contributed by atoms with E-state index in [2.05, 4.69) is 38.2 Å². The monoisotopic (exact) mass is 745 g/mol. The Bertz CT molecular complexity index is 874. The number of phosphoric ester groups is 1. The fourth-order valence-corrected chi connectivity index (χ4v) is 6.44. The zero-order valence-corrected chi connectivity index (χ0v) is 35.0. The van der Waals surface area contributed by atoms with Gasteiger partial charge in [0, 0.05) is 13.0 Å². The summed E-state index contributed by atoms with van der Waals surface area (Å²) < 4.78 is 34.9. The van der Waals surface area contributed by atoms with Crippen molar-refractivity contribution >= 4 is 13.8 Å². The summed E-state index contributed by atoms with van der Waals surface area (Å²) >= 11 is 0. The van der Waals surface area contributed by atoms with E-state index in [1.807, 2.05) is 21.1 Å². The second kappa shape index (κ2) is 36.0. The van der Waals surface area contributed by atoms with E-state index < -0.39 is 13.9 Å². The number of unbranched alkanes of at least 4 members (excludes halogenated alkanes) is 21. The number of likely N-dealkylation sites (N-methyl/N-ethyl adjacent to an activating group) is 1. The molecule has 0 fully saturated rings. The van der Waals surface area contributed by atoms with Gasteiger partial charge >= 0.3 is 13.8 Å². The number of phosphoric acid groups is 1. The van der Waals surface area contributed by atoms with Crippen LogP contribution in [0.25, 0.3) is 0 Å². The van der Waals surface area contributed by atoms with Gasteiger partial charge < -0.3 is 18.9 Å². The van der Waals surface area contributed by atoms with E-state index in [0.717, 1.165) is 57.8 Å². The normalized spacial score (nSPS) is 14.1. The zero-order valence-electron chi connectivity index (χ0n) is 34.1. The minimum Gasteiger partial charge on any atom is -0.457 e. The van der Waals surface area contributed by atoms with Gasteiger partial charge in [-0.25, -0.2) is 4.57 Å². The number of ether oxygens (including phenoxy) is 2. The third-order valence-electron chi connectivity index (χ3n) is 9.02. The van der Waals surface area contributed by atoms with Crippen LogP contribution in [-0.4, -0.2) is 75.6 Å². The molecule has 0 aliphatic carbocycles. The van der Waals surface area contributed by atoms with Gasteiger partial charge in [-0.2, -0.15) is 0 Å². The van der Waals surface area contributed by atoms with Crippen LogP contribution in [0.15, 0.2) is 24.3 Å². The van der Waals surface area contributed by atoms with E-state index >= 15 is 0 Å². The van der Waals surface area contributed by atoms with Crippen molar-refractivity contribution in [3.8, 4) is 0 Å². The molecular weight excluding hydrogens is 661 g/mol. The number of allylic oxidation sites excluding steroid dienone is 4. The van der Waals surface area contributed by atoms with Gasteiger partial charge in [0.2, 0.25) is 0 Å². The molecule has 302 valence electrons. The Balaban J connectivity index is 4.27. The maximum Gasteiger partial charge on any atom is 0.472 e. The highest BCUT2D eigenvalue weighted by atomic mass is 31.2. The summed E-state index contributed by atoms with van der Waals surface area (Å²) in [6, 6.07) is 0. The minimum atomic E-state index is -4.27. The highest BCUT2D eigenvalue weighted by molar-refractivity contribution is 7.47. The van der Waals surface area contributed by atoms with Crippen LogP contribution in [0.4, 0.5) is 0 Å². The van der Waals surface area contributed by atoms with Crippen molar-refractivity contribution in [1.29, 1.82) is 0 Å². The Kier molecular flexibility index (Phi) is 35.3. The standard InChI is InChI=1S/C42H82NO7P/c1-6-8-10-12-14-16-18-20-22-23-25-27-29-31-33-35-42(44)50-41(40-49-51(45,46)48-38-36-43(3,4)5)39-47-37-34-32-30-28-26-24-21-19-17-15-13-11-9-7-2/h14,16,20,22,41H,6-13,15,17-19,21,23-40H2,1-5H3/p+1/b16-14-,22-20-. The van der Waals surface area contributed by atoms with E-state index in [1.165, 1.54) is 103 Å². The molecule has 8 nitrogen and oxygen atoms in total. The van der Waals surface area contributed by atoms with Gasteiger partial charge in [0.05, 0.1) is 34.4 Å². The molecule has 0 aliphatic heterocycles. The molecule has 0 aromatic carbocycles. The van der Waals surface area contributed by atoms with Crippen LogP contribution in [0.1, 0.15) is 181 Å². The summed E-state index contributed by atoms with van der Waals surface area (Å²) in [6.45, 7) is 5.60. The summed E-state index contributed by atoms with van der Waals surface area (Å²) in [6.07, 6.45) is 39.1. The maximum atomic E-state index is 12.7. The number of carbonyl (C=O) groups excluding carboxylic acids is 1. The van der Waals surface area contributed by atoms with Crippen LogP contribution in [0, 0.1) is 0 Å². The Hall–Kier alpha value is -1.02. The SMILES string of the molecule is CCCCC/C=C\C/C=C\CCCCCCCC(=O)OC(COCCCCCCCCCCCCCCCC)COP(=O)(O)OCC[N+](C)(C)C. The molecule has 2 unspecified atom stereocenters. The van der Waals surface area contributed by atoms with Crippen LogP contribution in [0.5, 0.6) is 0 Å². The van der Waals surface area contributed by atoms with E-state index in [0.29, 0.717) is 24.1 Å². The molecule has 0 saturated heterocycles. The largest absolute Gasteiger partial charge is 0.472 e. The number of rotatable bonds is 39. The van der Waals surface area contributed by atoms with Gasteiger partial charge in [-0.15, -0.1) is 0 Å². The van der Waals surface area contributed by atoms with Gasteiger partial charge in [-0.05, 0) is 44.9 Å². The van der Waals surface area contributed by atoms with Crippen LogP contribution in [0.2, 0.25) is 0 Å². The lowest BCUT2D eigenvalue weighted by Gasteiger charge is -2.24. The molecular formula is C42H83NO7P+. The lowest BCUT2D eigenvalue weighted by molar-refractivity contribution is -0.870. The summed E-state index contributed by atoms with van der Waals surface area (Å²) in [5, 5.41) is 0. The van der Waals surface area contributed by atoms with Crippen molar-refractivity contribution in [3.05, 3.63) is 24.3 Å². The molecule has 0 heterocycles. The predicted octanol–water partition coefficient (Wildman–Crippen LogP) is 12.0. The lowest BCUT2D eigenvalue weighted by Crippen LogP contribution is -2.37. The molecule has 51 heavy (non-hydrogen) atoms. The number of nitrogens with zero attached hydrogens (tertiary/aromatic N) is 1. The molecule has 0 aliphatic rings. The van der Waals surface area contributed by atoms with Crippen LogP contribution in [0.3, 0.4) is 0 Å². The van der Waals surface area contributed by atoms with Gasteiger partial charge in [-0.1, -0.05) is 154 Å². The molecule has 0 aromatic heterocycles. The van der Waals surface area contributed by atoms with E-state index in [1.54, 1.807) is 0 Å². The number of hydrogen-bond acceptors (Lipinski definition) is 6. The Morgan fingerprint density at radius 3 is 1.63 bits per heavy atom. The number of hydrogen-bond donors (Lipinski definition) is 1. The lowest BCUT2D eigenvalue weighted by atomic mass is 10.0. The minimum absolute atomic E-state index is 0.0875. The number of quaternary nitrogens is 1. The van der Waals surface area contributed by atoms with Crippen molar-refractivity contribution in [3.63, 3.8) is 0 Å². The number of esters is 1. The van der Waals surface area contributed by atoms with Crippen molar-refractivity contribution in [2.24, 2.45) is 0 Å². The van der Waals surface area contributed by atoms with Crippen LogP contribution >= 0.6 is 7.82 Å². The summed E-state index contributed by atoms with van der Waals surface area (Å²) in [5.41, 5.74) is 0. The third kappa shape index (κ3) is 40.0. The average Bonchev–Trinajstić information content (AvgIpc) is 3.08. The van der Waals surface area contributed by atoms with Gasteiger partial charge in [0.15, 0.2) is 0 Å². The van der Waals surface area contributed by atoms with Gasteiger partial charge in [-0.3, -0.25) is 13.8 Å². The topological polar surface area (TPSA) is 91.3 Å². The quantitative estimate of drug-likeness (QED) is 0.0220. The van der Waals surface area contributed by atoms with E-state index in [-0.39, 0.29) is 25.8 Å². The molecule has 1 N–H and O–H groups in total. The molecule has 0 amide bonds. The highest BCUT2D eigenvalue weighted by Crippen LogP contribution is 2.43. The highest BCUT2D eigenvalue weighted by Gasteiger charge is 2.26. The summed E-state index contributed by atoms with van der Waals surface area (Å²) in [5.74, 6) is -0.326. The van der Waals surface area contributed by atoms with Crippen molar-refractivity contribution in [2.45, 2.75) is 187 Å².